The number of nitrogens with zero attached hydrogens (tertiary/aromatic N) is 1. The van der Waals surface area contributed by atoms with Crippen LogP contribution in [0.5, 0.6) is 0 Å². The van der Waals surface area contributed by atoms with Gasteiger partial charge in [-0.1, -0.05) is 19.3 Å². The molecule has 17 heavy (non-hydrogen) atoms. The molecule has 100 valence electrons. The lowest BCUT2D eigenvalue weighted by Gasteiger charge is -2.40. The zero-order chi connectivity index (χ0) is 12.1. The van der Waals surface area contributed by atoms with Crippen LogP contribution >= 0.6 is 0 Å². The fraction of sp³-hybridized carbons (Fsp3) is 1.00. The highest BCUT2D eigenvalue weighted by Crippen LogP contribution is 2.37. The average molecular weight is 240 g/mol. The highest BCUT2D eigenvalue weighted by Gasteiger charge is 2.34. The van der Waals surface area contributed by atoms with E-state index in [1.54, 1.807) is 0 Å². The number of likely N-dealkylation sites (N-methyl/N-ethyl adjacent to an activating group) is 1. The van der Waals surface area contributed by atoms with E-state index in [-0.39, 0.29) is 6.61 Å². The molecule has 0 aromatic rings. The van der Waals surface area contributed by atoms with Crippen molar-refractivity contribution >= 4 is 0 Å². The molecular weight excluding hydrogens is 212 g/mol. The molecule has 0 amide bonds. The van der Waals surface area contributed by atoms with Gasteiger partial charge in [-0.2, -0.15) is 0 Å². The number of nitrogens with one attached hydrogen (secondary N) is 1. The van der Waals surface area contributed by atoms with Crippen LogP contribution in [0.25, 0.3) is 0 Å². The van der Waals surface area contributed by atoms with Gasteiger partial charge in [0.25, 0.3) is 0 Å². The largest absolute Gasteiger partial charge is 0.395 e. The van der Waals surface area contributed by atoms with Crippen molar-refractivity contribution in [3.8, 4) is 0 Å². The van der Waals surface area contributed by atoms with Crippen LogP contribution in [-0.2, 0) is 0 Å². The fourth-order valence-electron chi connectivity index (χ4n) is 3.16. The van der Waals surface area contributed by atoms with Crippen molar-refractivity contribution in [1.82, 2.24) is 10.2 Å². The lowest BCUT2D eigenvalue weighted by atomic mass is 9.73. The minimum Gasteiger partial charge on any atom is -0.395 e. The van der Waals surface area contributed by atoms with Crippen molar-refractivity contribution < 1.29 is 5.11 Å². The predicted molar refractivity (Wildman–Crippen MR) is 71.1 cm³/mol. The summed E-state index contributed by atoms with van der Waals surface area (Å²) < 4.78 is 0. The summed E-state index contributed by atoms with van der Waals surface area (Å²) in [4.78, 5) is 2.31. The Morgan fingerprint density at radius 2 is 1.94 bits per heavy atom. The van der Waals surface area contributed by atoms with Crippen LogP contribution in [0.15, 0.2) is 0 Å². The minimum absolute atomic E-state index is 0.280. The number of aliphatic hydroxyl groups is 1. The maximum Gasteiger partial charge on any atom is 0.0558 e. The van der Waals surface area contributed by atoms with Crippen molar-refractivity contribution in [2.75, 3.05) is 33.3 Å². The first-order valence-corrected chi connectivity index (χ1v) is 7.27. The molecule has 0 atom stereocenters. The number of hydrogen-bond acceptors (Lipinski definition) is 3. The zero-order valence-electron chi connectivity index (χ0n) is 11.2. The number of rotatable bonds is 7. The Bertz CT molecular complexity index is 222. The second kappa shape index (κ2) is 6.17. The van der Waals surface area contributed by atoms with E-state index in [4.69, 9.17) is 5.11 Å². The molecule has 2 fully saturated rings. The van der Waals surface area contributed by atoms with E-state index in [1.165, 1.54) is 51.5 Å². The summed E-state index contributed by atoms with van der Waals surface area (Å²) in [6, 6.07) is 0.817. The van der Waals surface area contributed by atoms with Crippen molar-refractivity contribution in [1.29, 1.82) is 0 Å². The summed E-state index contributed by atoms with van der Waals surface area (Å²) in [6.07, 6.45) is 9.67. The Morgan fingerprint density at radius 3 is 2.53 bits per heavy atom. The third-order valence-electron chi connectivity index (χ3n) is 4.34. The molecule has 2 aliphatic carbocycles. The molecule has 2 saturated carbocycles. The molecule has 0 aliphatic heterocycles. The van der Waals surface area contributed by atoms with Crippen LogP contribution < -0.4 is 5.32 Å². The summed E-state index contributed by atoms with van der Waals surface area (Å²) in [7, 11) is 2.14. The normalized spacial score (nSPS) is 24.2. The first-order valence-electron chi connectivity index (χ1n) is 7.27. The van der Waals surface area contributed by atoms with Crippen molar-refractivity contribution in [2.24, 2.45) is 5.41 Å². The summed E-state index contributed by atoms with van der Waals surface area (Å²) in [6.45, 7) is 3.43. The summed E-state index contributed by atoms with van der Waals surface area (Å²) in [5.74, 6) is 0. The standard InChI is InChI=1S/C14H28N2O/c1-16(9-10-17)12-14(7-3-2-4-8-14)11-15-13-5-6-13/h13,15,17H,2-12H2,1H3. The van der Waals surface area contributed by atoms with Gasteiger partial charge in [0.2, 0.25) is 0 Å². The molecule has 0 heterocycles. The molecule has 0 aromatic carbocycles. The molecule has 3 heteroatoms. The number of hydrogen-bond donors (Lipinski definition) is 2. The monoisotopic (exact) mass is 240 g/mol. The molecule has 0 radical (unpaired) electrons. The Labute approximate surface area is 106 Å². The molecule has 0 saturated heterocycles. The molecule has 2 aliphatic rings. The molecule has 0 bridgehead atoms. The molecule has 2 N–H and O–H groups in total. The van der Waals surface area contributed by atoms with E-state index < -0.39 is 0 Å². The van der Waals surface area contributed by atoms with Gasteiger partial charge < -0.3 is 15.3 Å². The van der Waals surface area contributed by atoms with E-state index in [0.29, 0.717) is 5.41 Å². The summed E-state index contributed by atoms with van der Waals surface area (Å²) >= 11 is 0. The summed E-state index contributed by atoms with van der Waals surface area (Å²) in [5, 5.41) is 12.7. The van der Waals surface area contributed by atoms with Gasteiger partial charge in [0.05, 0.1) is 6.61 Å². The van der Waals surface area contributed by atoms with Crippen LogP contribution in [0, 0.1) is 5.41 Å². The van der Waals surface area contributed by atoms with E-state index >= 15 is 0 Å². The van der Waals surface area contributed by atoms with Crippen LogP contribution in [0.3, 0.4) is 0 Å². The van der Waals surface area contributed by atoms with Gasteiger partial charge in [-0.05, 0) is 38.1 Å². The smallest absolute Gasteiger partial charge is 0.0558 e. The van der Waals surface area contributed by atoms with Gasteiger partial charge in [0, 0.05) is 25.7 Å². The van der Waals surface area contributed by atoms with Crippen LogP contribution in [0.4, 0.5) is 0 Å². The summed E-state index contributed by atoms with van der Waals surface area (Å²) in [5.41, 5.74) is 0.477. The van der Waals surface area contributed by atoms with Gasteiger partial charge >= 0.3 is 0 Å². The zero-order valence-corrected chi connectivity index (χ0v) is 11.2. The lowest BCUT2D eigenvalue weighted by Crippen LogP contribution is -2.45. The van der Waals surface area contributed by atoms with Crippen LogP contribution in [0.2, 0.25) is 0 Å². The first kappa shape index (κ1) is 13.3. The maximum absolute atomic E-state index is 9.02. The first-order chi connectivity index (χ1) is 8.24. The maximum atomic E-state index is 9.02. The molecule has 3 nitrogen and oxygen atoms in total. The Kier molecular flexibility index (Phi) is 4.83. The SMILES string of the molecule is CN(CCO)CC1(CNC2CC2)CCCCC1. The highest BCUT2D eigenvalue weighted by molar-refractivity contribution is 4.91. The quantitative estimate of drug-likeness (QED) is 0.710. The van der Waals surface area contributed by atoms with E-state index in [0.717, 1.165) is 19.1 Å². The molecule has 0 spiro atoms. The molecular formula is C14H28N2O. The second-order valence-corrected chi connectivity index (χ2v) is 6.18. The van der Waals surface area contributed by atoms with Gasteiger partial charge in [-0.25, -0.2) is 0 Å². The van der Waals surface area contributed by atoms with Crippen LogP contribution in [0.1, 0.15) is 44.9 Å². The van der Waals surface area contributed by atoms with Crippen LogP contribution in [-0.4, -0.2) is 49.3 Å². The van der Waals surface area contributed by atoms with Crippen molar-refractivity contribution in [3.05, 3.63) is 0 Å². The highest BCUT2D eigenvalue weighted by atomic mass is 16.3. The molecule has 0 unspecified atom stereocenters. The minimum atomic E-state index is 0.280. The fourth-order valence-corrected chi connectivity index (χ4v) is 3.16. The molecule has 0 aromatic heterocycles. The molecule has 2 rings (SSSR count). The predicted octanol–water partition coefficient (Wildman–Crippen LogP) is 1.61. The number of aliphatic hydroxyl groups excluding tert-OH is 1. The average Bonchev–Trinajstić information content (AvgIpc) is 3.12. The topological polar surface area (TPSA) is 35.5 Å². The van der Waals surface area contributed by atoms with Crippen molar-refractivity contribution in [2.45, 2.75) is 51.0 Å². The Balaban J connectivity index is 1.84. The van der Waals surface area contributed by atoms with E-state index in [1.807, 2.05) is 0 Å². The third kappa shape index (κ3) is 4.23. The van der Waals surface area contributed by atoms with Gasteiger partial charge in [0.1, 0.15) is 0 Å². The Hall–Kier alpha value is -0.120. The lowest BCUT2D eigenvalue weighted by molar-refractivity contribution is 0.104. The Morgan fingerprint density at radius 1 is 1.24 bits per heavy atom. The van der Waals surface area contributed by atoms with E-state index in [9.17, 15) is 0 Å². The van der Waals surface area contributed by atoms with Gasteiger partial charge in [-0.3, -0.25) is 0 Å². The van der Waals surface area contributed by atoms with Crippen molar-refractivity contribution in [3.63, 3.8) is 0 Å². The second-order valence-electron chi connectivity index (χ2n) is 6.18. The third-order valence-corrected chi connectivity index (χ3v) is 4.34. The van der Waals surface area contributed by atoms with E-state index in [2.05, 4.69) is 17.3 Å². The van der Waals surface area contributed by atoms with Gasteiger partial charge in [0.15, 0.2) is 0 Å². The van der Waals surface area contributed by atoms with Gasteiger partial charge in [-0.15, -0.1) is 0 Å².